The molecule has 0 spiro atoms. The number of H-pyrrole nitrogens is 1. The molecule has 4 amide bonds. The first-order chi connectivity index (χ1) is 21.9. The van der Waals surface area contributed by atoms with Crippen molar-refractivity contribution < 1.29 is 19.2 Å². The van der Waals surface area contributed by atoms with Gasteiger partial charge < -0.3 is 61.1 Å². The summed E-state index contributed by atoms with van der Waals surface area (Å²) in [6, 6.07) is 3.49. The lowest BCUT2D eigenvalue weighted by atomic mass is 10.0. The smallest absolute Gasteiger partial charge is 0.243 e. The maximum Gasteiger partial charge on any atom is 0.243 e. The van der Waals surface area contributed by atoms with Crippen LogP contribution in [0, 0.1) is 0 Å². The van der Waals surface area contributed by atoms with E-state index in [1.807, 2.05) is 24.3 Å². The number of aromatic amines is 1. The monoisotopic (exact) mass is 643 g/mol. The highest BCUT2D eigenvalue weighted by atomic mass is 16.2. The normalized spacial score (nSPS) is 13.5. The van der Waals surface area contributed by atoms with Crippen molar-refractivity contribution in [1.82, 2.24) is 20.9 Å². The third kappa shape index (κ3) is 13.0. The summed E-state index contributed by atoms with van der Waals surface area (Å²) in [5.74, 6) is -2.78. The number of nitrogens with one attached hydrogen (secondary N) is 4. The summed E-state index contributed by atoms with van der Waals surface area (Å²) in [6.45, 7) is 0.818. The lowest BCUT2D eigenvalue weighted by Crippen LogP contribution is -2.57. The number of nitrogens with zero attached hydrogens (tertiary/aromatic N) is 2. The third-order valence-electron chi connectivity index (χ3n) is 7.21. The van der Waals surface area contributed by atoms with Crippen LogP contribution in [-0.2, 0) is 25.6 Å². The van der Waals surface area contributed by atoms with Crippen LogP contribution in [0.25, 0.3) is 10.9 Å². The molecule has 0 aliphatic rings. The second-order valence-electron chi connectivity index (χ2n) is 10.9. The fourth-order valence-electron chi connectivity index (χ4n) is 4.78. The Morgan fingerprint density at radius 2 is 1.24 bits per heavy atom. The van der Waals surface area contributed by atoms with Crippen LogP contribution in [0.4, 0.5) is 0 Å². The quantitative estimate of drug-likeness (QED) is 0.0377. The number of primary amides is 1. The van der Waals surface area contributed by atoms with Gasteiger partial charge in [-0.15, -0.1) is 0 Å². The second kappa shape index (κ2) is 19.5. The van der Waals surface area contributed by atoms with Crippen LogP contribution in [0.1, 0.15) is 50.5 Å². The number of hydrogen-bond donors (Lipinski definition) is 11. The molecule has 4 atom stereocenters. The van der Waals surface area contributed by atoms with Crippen LogP contribution >= 0.6 is 0 Å². The minimum atomic E-state index is -1.10. The van der Waals surface area contributed by atoms with Gasteiger partial charge in [0, 0.05) is 30.2 Å². The number of fused-ring (bicyclic) bond motifs is 1. The number of hydrogen-bond acceptors (Lipinski definition) is 8. The largest absolute Gasteiger partial charge is 0.370 e. The van der Waals surface area contributed by atoms with Crippen molar-refractivity contribution in [3.8, 4) is 0 Å². The number of unbranched alkanes of at least 4 members (excludes halogenated alkanes) is 1. The maximum atomic E-state index is 13.6. The molecule has 0 aliphatic carbocycles. The van der Waals surface area contributed by atoms with E-state index in [9.17, 15) is 19.2 Å². The molecule has 18 N–H and O–H groups in total. The van der Waals surface area contributed by atoms with E-state index in [0.717, 1.165) is 16.5 Å². The van der Waals surface area contributed by atoms with E-state index in [1.165, 1.54) is 0 Å². The highest BCUT2D eigenvalue weighted by Crippen LogP contribution is 2.19. The van der Waals surface area contributed by atoms with Crippen molar-refractivity contribution in [2.45, 2.75) is 75.5 Å². The van der Waals surface area contributed by atoms with Crippen LogP contribution in [-0.4, -0.2) is 84.3 Å². The summed E-state index contributed by atoms with van der Waals surface area (Å²) in [4.78, 5) is 63.2. The Kier molecular flexibility index (Phi) is 15.8. The van der Waals surface area contributed by atoms with Crippen molar-refractivity contribution in [3.05, 3.63) is 36.0 Å². The van der Waals surface area contributed by atoms with E-state index in [0.29, 0.717) is 32.2 Å². The van der Waals surface area contributed by atoms with E-state index in [4.69, 9.17) is 40.1 Å². The van der Waals surface area contributed by atoms with Crippen LogP contribution in [0.3, 0.4) is 0 Å². The summed E-state index contributed by atoms with van der Waals surface area (Å²) in [5.41, 5.74) is 40.7. The first-order valence-electron chi connectivity index (χ1n) is 15.2. The van der Waals surface area contributed by atoms with E-state index >= 15 is 0 Å². The third-order valence-corrected chi connectivity index (χ3v) is 7.21. The van der Waals surface area contributed by atoms with Gasteiger partial charge in [-0.2, -0.15) is 0 Å². The van der Waals surface area contributed by atoms with Crippen LogP contribution in [0.15, 0.2) is 40.4 Å². The Balaban J connectivity index is 2.20. The van der Waals surface area contributed by atoms with Gasteiger partial charge in [0.2, 0.25) is 23.6 Å². The Morgan fingerprint density at radius 3 is 1.78 bits per heavy atom. The molecule has 0 aliphatic heterocycles. The standard InChI is InChI=1S/C29H49N13O4/c30-12-4-3-9-21(24(32)43)40-26(45)23(11-6-14-38-29(35)36)42-27(46)22(10-5-13-37-28(33)34)41-25(44)19(31)15-17-16-39-20-8-2-1-7-18(17)20/h1-2,7-8,16,19,21-23,39H,3-6,9-15,30-31H2,(H2,32,43)(H,40,45)(H,41,44)(H,42,46)(H4,33,34,37)(H4,35,36,38)/t19-,21-,22-,23-/m0/s1. The van der Waals surface area contributed by atoms with Crippen LogP contribution in [0.2, 0.25) is 0 Å². The maximum absolute atomic E-state index is 13.6. The molecular weight excluding hydrogens is 594 g/mol. The molecule has 0 saturated heterocycles. The molecular formula is C29H49N13O4. The fourth-order valence-corrected chi connectivity index (χ4v) is 4.78. The zero-order valence-corrected chi connectivity index (χ0v) is 26.0. The Bertz CT molecular complexity index is 1350. The number of carbonyl (C=O) groups excluding carboxylic acids is 4. The van der Waals surface area contributed by atoms with Gasteiger partial charge in [0.1, 0.15) is 18.1 Å². The van der Waals surface area contributed by atoms with Gasteiger partial charge in [-0.3, -0.25) is 29.2 Å². The number of benzene rings is 1. The van der Waals surface area contributed by atoms with E-state index < -0.39 is 47.8 Å². The van der Waals surface area contributed by atoms with Crippen molar-refractivity contribution >= 4 is 46.5 Å². The number of nitrogens with two attached hydrogens (primary N) is 7. The molecule has 17 heteroatoms. The summed E-state index contributed by atoms with van der Waals surface area (Å²) in [6.07, 6.45) is 4.41. The average molecular weight is 644 g/mol. The summed E-state index contributed by atoms with van der Waals surface area (Å²) in [5, 5.41) is 8.97. The summed E-state index contributed by atoms with van der Waals surface area (Å²) in [7, 11) is 0. The molecule has 0 radical (unpaired) electrons. The molecule has 2 aromatic rings. The van der Waals surface area contributed by atoms with Gasteiger partial charge in [0.15, 0.2) is 11.9 Å². The summed E-state index contributed by atoms with van der Waals surface area (Å²) >= 11 is 0. The highest BCUT2D eigenvalue weighted by Gasteiger charge is 2.30. The van der Waals surface area contributed by atoms with Gasteiger partial charge in [0.05, 0.1) is 6.04 Å². The predicted octanol–water partition coefficient (Wildman–Crippen LogP) is -2.79. The van der Waals surface area contributed by atoms with Gasteiger partial charge in [-0.05, 0) is 69.5 Å². The molecule has 0 unspecified atom stereocenters. The second-order valence-corrected chi connectivity index (χ2v) is 10.9. The highest BCUT2D eigenvalue weighted by molar-refractivity contribution is 5.95. The number of rotatable bonds is 21. The van der Waals surface area contributed by atoms with Crippen molar-refractivity contribution in [1.29, 1.82) is 0 Å². The SMILES string of the molecule is NCCCC[C@H](NC(=O)[C@H](CCCN=C(N)N)NC(=O)[C@H](CCCN=C(N)N)NC(=O)[C@@H](N)Cc1c[nH]c2ccccc12)C(N)=O. The van der Waals surface area contributed by atoms with Crippen LogP contribution < -0.4 is 56.1 Å². The number of guanidine groups is 2. The lowest BCUT2D eigenvalue weighted by molar-refractivity contribution is -0.133. The van der Waals surface area contributed by atoms with Gasteiger partial charge in [0.25, 0.3) is 0 Å². The first kappa shape index (κ1) is 37.3. The topological polar surface area (TPSA) is 327 Å². The number of aromatic nitrogens is 1. The Hall–Kier alpha value is -4.90. The molecule has 254 valence electrons. The molecule has 17 nitrogen and oxygen atoms in total. The van der Waals surface area contributed by atoms with Crippen LogP contribution in [0.5, 0.6) is 0 Å². The predicted molar refractivity (Wildman–Crippen MR) is 178 cm³/mol. The van der Waals surface area contributed by atoms with E-state index in [-0.39, 0.29) is 50.7 Å². The van der Waals surface area contributed by atoms with Gasteiger partial charge in [-0.25, -0.2) is 0 Å². The molecule has 1 aromatic carbocycles. The lowest BCUT2D eigenvalue weighted by Gasteiger charge is -2.25. The number of para-hydroxylation sites is 1. The van der Waals surface area contributed by atoms with Gasteiger partial charge in [-0.1, -0.05) is 18.2 Å². The van der Waals surface area contributed by atoms with E-state index in [1.54, 1.807) is 6.20 Å². The minimum absolute atomic E-state index is 0.112. The molecule has 0 fully saturated rings. The molecule has 0 bridgehead atoms. The zero-order valence-electron chi connectivity index (χ0n) is 26.0. The molecule has 1 heterocycles. The molecule has 2 rings (SSSR count). The van der Waals surface area contributed by atoms with Crippen molar-refractivity contribution in [2.75, 3.05) is 19.6 Å². The Morgan fingerprint density at radius 1 is 0.717 bits per heavy atom. The Labute approximate surface area is 267 Å². The molecule has 46 heavy (non-hydrogen) atoms. The number of carbonyl (C=O) groups is 4. The number of aliphatic imine (C=N–C) groups is 2. The minimum Gasteiger partial charge on any atom is -0.370 e. The summed E-state index contributed by atoms with van der Waals surface area (Å²) < 4.78 is 0. The first-order valence-corrected chi connectivity index (χ1v) is 15.2. The fraction of sp³-hybridized carbons (Fsp3) is 0.517. The average Bonchev–Trinajstić information content (AvgIpc) is 3.41. The van der Waals surface area contributed by atoms with E-state index in [2.05, 4.69) is 30.9 Å². The molecule has 1 aromatic heterocycles. The molecule has 0 saturated carbocycles. The van der Waals surface area contributed by atoms with Gasteiger partial charge >= 0.3 is 0 Å². The van der Waals surface area contributed by atoms with Crippen molar-refractivity contribution in [2.24, 2.45) is 50.1 Å². The number of amides is 4. The zero-order chi connectivity index (χ0) is 34.1. The van der Waals surface area contributed by atoms with Crippen molar-refractivity contribution in [3.63, 3.8) is 0 Å².